The molecule has 4 rings (SSSR count). The molecule has 1 amide bonds. The standard InChI is InChI=1S/C25H19BrN2O3/c1-2-31-25(30)16-10-12-19(13-11-16)27-24(29)21-15-23(17-6-5-7-18(26)14-17)28-22-9-4-3-8-20(21)22/h3-15H,2H2,1H3,(H,27,29). The zero-order chi connectivity index (χ0) is 21.8. The van der Waals surface area contributed by atoms with Gasteiger partial charge in [-0.2, -0.15) is 0 Å². The summed E-state index contributed by atoms with van der Waals surface area (Å²) < 4.78 is 5.93. The Morgan fingerprint density at radius 2 is 1.74 bits per heavy atom. The summed E-state index contributed by atoms with van der Waals surface area (Å²) in [6, 6.07) is 23.8. The molecule has 154 valence electrons. The van der Waals surface area contributed by atoms with Crippen LogP contribution >= 0.6 is 15.9 Å². The molecule has 0 unspecified atom stereocenters. The summed E-state index contributed by atoms with van der Waals surface area (Å²) in [5.41, 5.74) is 3.91. The van der Waals surface area contributed by atoms with Crippen molar-refractivity contribution in [3.8, 4) is 11.3 Å². The molecule has 0 aliphatic heterocycles. The Bertz CT molecular complexity index is 1270. The van der Waals surface area contributed by atoms with Gasteiger partial charge in [-0.3, -0.25) is 4.79 Å². The minimum absolute atomic E-state index is 0.251. The molecule has 0 spiro atoms. The van der Waals surface area contributed by atoms with E-state index in [-0.39, 0.29) is 11.9 Å². The highest BCUT2D eigenvalue weighted by Gasteiger charge is 2.15. The quantitative estimate of drug-likeness (QED) is 0.355. The van der Waals surface area contributed by atoms with Gasteiger partial charge in [0.15, 0.2) is 0 Å². The van der Waals surface area contributed by atoms with Crippen molar-refractivity contribution in [1.29, 1.82) is 0 Å². The van der Waals surface area contributed by atoms with Crippen molar-refractivity contribution in [3.05, 3.63) is 94.5 Å². The highest BCUT2D eigenvalue weighted by atomic mass is 79.9. The predicted octanol–water partition coefficient (Wildman–Crippen LogP) is 6.09. The molecule has 1 aromatic heterocycles. The van der Waals surface area contributed by atoms with Crippen molar-refractivity contribution < 1.29 is 14.3 Å². The van der Waals surface area contributed by atoms with Crippen molar-refractivity contribution >= 4 is 44.4 Å². The van der Waals surface area contributed by atoms with E-state index in [9.17, 15) is 9.59 Å². The van der Waals surface area contributed by atoms with E-state index < -0.39 is 0 Å². The number of aromatic nitrogens is 1. The smallest absolute Gasteiger partial charge is 0.338 e. The van der Waals surface area contributed by atoms with Gasteiger partial charge in [-0.25, -0.2) is 9.78 Å². The van der Waals surface area contributed by atoms with E-state index in [2.05, 4.69) is 21.2 Å². The second-order valence-corrected chi connectivity index (χ2v) is 7.75. The second kappa shape index (κ2) is 9.10. The molecule has 0 fully saturated rings. The average molecular weight is 475 g/mol. The van der Waals surface area contributed by atoms with Gasteiger partial charge in [-0.15, -0.1) is 0 Å². The highest BCUT2D eigenvalue weighted by molar-refractivity contribution is 9.10. The Morgan fingerprint density at radius 3 is 2.48 bits per heavy atom. The number of para-hydroxylation sites is 1. The minimum Gasteiger partial charge on any atom is -0.462 e. The lowest BCUT2D eigenvalue weighted by Gasteiger charge is -2.11. The number of anilines is 1. The minimum atomic E-state index is -0.390. The van der Waals surface area contributed by atoms with Gasteiger partial charge in [-0.05, 0) is 55.5 Å². The van der Waals surface area contributed by atoms with Crippen LogP contribution in [0.4, 0.5) is 5.69 Å². The Hall–Kier alpha value is -3.51. The number of hydrogen-bond acceptors (Lipinski definition) is 4. The summed E-state index contributed by atoms with van der Waals surface area (Å²) in [5.74, 6) is -0.641. The molecule has 31 heavy (non-hydrogen) atoms. The van der Waals surface area contributed by atoms with Crippen molar-refractivity contribution in [2.45, 2.75) is 6.92 Å². The van der Waals surface area contributed by atoms with Crippen molar-refractivity contribution in [1.82, 2.24) is 4.98 Å². The average Bonchev–Trinajstić information content (AvgIpc) is 2.79. The van der Waals surface area contributed by atoms with Crippen LogP contribution in [0.1, 0.15) is 27.6 Å². The van der Waals surface area contributed by atoms with Gasteiger partial charge >= 0.3 is 5.97 Å². The first-order valence-electron chi connectivity index (χ1n) is 9.79. The number of carbonyl (C=O) groups excluding carboxylic acids is 2. The first-order chi connectivity index (χ1) is 15.0. The third-order valence-electron chi connectivity index (χ3n) is 4.74. The predicted molar refractivity (Wildman–Crippen MR) is 125 cm³/mol. The van der Waals surface area contributed by atoms with E-state index in [1.54, 1.807) is 37.3 Å². The van der Waals surface area contributed by atoms with Gasteiger partial charge in [0.1, 0.15) is 0 Å². The van der Waals surface area contributed by atoms with E-state index in [4.69, 9.17) is 9.72 Å². The summed E-state index contributed by atoms with van der Waals surface area (Å²) in [7, 11) is 0. The number of pyridine rings is 1. The zero-order valence-electron chi connectivity index (χ0n) is 16.8. The molecule has 3 aromatic carbocycles. The van der Waals surface area contributed by atoms with Gasteiger partial charge in [-0.1, -0.05) is 46.3 Å². The zero-order valence-corrected chi connectivity index (χ0v) is 18.3. The fourth-order valence-electron chi connectivity index (χ4n) is 3.26. The number of nitrogens with one attached hydrogen (secondary N) is 1. The maximum atomic E-state index is 13.2. The molecule has 5 nitrogen and oxygen atoms in total. The molecule has 4 aromatic rings. The van der Waals surface area contributed by atoms with Crippen LogP contribution in [0.5, 0.6) is 0 Å². The van der Waals surface area contributed by atoms with Gasteiger partial charge in [0.25, 0.3) is 5.91 Å². The Kier molecular flexibility index (Phi) is 6.09. The van der Waals surface area contributed by atoms with Crippen LogP contribution in [0.25, 0.3) is 22.2 Å². The van der Waals surface area contributed by atoms with Crippen molar-refractivity contribution in [2.75, 3.05) is 11.9 Å². The number of esters is 1. The summed E-state index contributed by atoms with van der Waals surface area (Å²) in [6.07, 6.45) is 0. The Morgan fingerprint density at radius 1 is 0.968 bits per heavy atom. The maximum absolute atomic E-state index is 13.2. The number of halogens is 1. The molecule has 0 saturated heterocycles. The molecule has 0 aliphatic rings. The largest absolute Gasteiger partial charge is 0.462 e. The number of nitrogens with zero attached hydrogens (tertiary/aromatic N) is 1. The van der Waals surface area contributed by atoms with E-state index in [0.29, 0.717) is 29.1 Å². The van der Waals surface area contributed by atoms with E-state index in [1.807, 2.05) is 48.5 Å². The number of amides is 1. The van der Waals surface area contributed by atoms with Crippen molar-refractivity contribution in [2.24, 2.45) is 0 Å². The van der Waals surface area contributed by atoms with Crippen molar-refractivity contribution in [3.63, 3.8) is 0 Å². The van der Waals surface area contributed by atoms with E-state index in [0.717, 1.165) is 20.9 Å². The molecular formula is C25H19BrN2O3. The van der Waals surface area contributed by atoms with Gasteiger partial charge < -0.3 is 10.1 Å². The lowest BCUT2D eigenvalue weighted by molar-refractivity contribution is 0.0526. The van der Waals surface area contributed by atoms with Gasteiger partial charge in [0.05, 0.1) is 28.9 Å². The topological polar surface area (TPSA) is 68.3 Å². The van der Waals surface area contributed by atoms with E-state index >= 15 is 0 Å². The number of fused-ring (bicyclic) bond motifs is 1. The number of carbonyl (C=O) groups is 2. The third-order valence-corrected chi connectivity index (χ3v) is 5.23. The lowest BCUT2D eigenvalue weighted by atomic mass is 10.0. The molecule has 6 heteroatoms. The Balaban J connectivity index is 1.68. The first kappa shape index (κ1) is 20.8. The van der Waals surface area contributed by atoms with Gasteiger partial charge in [0.2, 0.25) is 0 Å². The van der Waals surface area contributed by atoms with Gasteiger partial charge in [0, 0.05) is 21.1 Å². The molecule has 0 saturated carbocycles. The number of benzene rings is 3. The monoisotopic (exact) mass is 474 g/mol. The SMILES string of the molecule is CCOC(=O)c1ccc(NC(=O)c2cc(-c3cccc(Br)c3)nc3ccccc23)cc1. The fourth-order valence-corrected chi connectivity index (χ4v) is 3.66. The summed E-state index contributed by atoms with van der Waals surface area (Å²) in [5, 5.41) is 3.68. The van der Waals surface area contributed by atoms with Crippen LogP contribution in [0.15, 0.2) is 83.3 Å². The van der Waals surface area contributed by atoms with Crippen LogP contribution in [0.2, 0.25) is 0 Å². The fraction of sp³-hybridized carbons (Fsp3) is 0.0800. The van der Waals surface area contributed by atoms with Crippen LogP contribution in [0.3, 0.4) is 0 Å². The highest BCUT2D eigenvalue weighted by Crippen LogP contribution is 2.27. The normalized spacial score (nSPS) is 10.6. The summed E-state index contributed by atoms with van der Waals surface area (Å²) in [4.78, 5) is 29.7. The number of rotatable bonds is 5. The van der Waals surface area contributed by atoms with E-state index in [1.165, 1.54) is 0 Å². The first-order valence-corrected chi connectivity index (χ1v) is 10.6. The van der Waals surface area contributed by atoms with Crippen LogP contribution < -0.4 is 5.32 Å². The molecule has 0 aliphatic carbocycles. The summed E-state index contributed by atoms with van der Waals surface area (Å²) in [6.45, 7) is 2.07. The molecule has 0 radical (unpaired) electrons. The van der Waals surface area contributed by atoms with Crippen LogP contribution in [0, 0.1) is 0 Å². The molecule has 0 atom stereocenters. The summed E-state index contributed by atoms with van der Waals surface area (Å²) >= 11 is 3.49. The molecule has 1 heterocycles. The Labute approximate surface area is 188 Å². The molecular weight excluding hydrogens is 456 g/mol. The van der Waals surface area contributed by atoms with Crippen LogP contribution in [-0.4, -0.2) is 23.5 Å². The lowest BCUT2D eigenvalue weighted by Crippen LogP contribution is -2.13. The van der Waals surface area contributed by atoms with Crippen LogP contribution in [-0.2, 0) is 4.74 Å². The maximum Gasteiger partial charge on any atom is 0.338 e. The second-order valence-electron chi connectivity index (χ2n) is 6.83. The molecule has 1 N–H and O–H groups in total. The third kappa shape index (κ3) is 4.64. The number of ether oxygens (including phenoxy) is 1. The number of hydrogen-bond donors (Lipinski definition) is 1. The molecule has 0 bridgehead atoms.